The minimum atomic E-state index is 0.127. The standard InChI is InChI=1S/C23H26N2OS/c1-16-13-19(17(2)24-18-9-5-3-6-10-18)23-20(14-16)21(26)15-22(27-23)25-11-7-4-8-12-25/h3,5-6,9-10,13-15,17,24H,4,7-8,11-12H2,1-2H3/t17-/m1/s1. The number of hydrogen-bond donors (Lipinski definition) is 1. The summed E-state index contributed by atoms with van der Waals surface area (Å²) in [4.78, 5) is 15.3. The van der Waals surface area contributed by atoms with Crippen molar-refractivity contribution in [1.29, 1.82) is 0 Å². The first-order valence-corrected chi connectivity index (χ1v) is 10.6. The second-order valence-corrected chi connectivity index (χ2v) is 8.49. The van der Waals surface area contributed by atoms with Crippen LogP contribution in [0.1, 0.15) is 43.4 Å². The highest BCUT2D eigenvalue weighted by Crippen LogP contribution is 2.34. The van der Waals surface area contributed by atoms with Crippen molar-refractivity contribution in [3.63, 3.8) is 0 Å². The number of benzene rings is 2. The average molecular weight is 379 g/mol. The van der Waals surface area contributed by atoms with Gasteiger partial charge in [0.25, 0.3) is 0 Å². The zero-order valence-corrected chi connectivity index (χ0v) is 16.8. The Bertz CT molecular complexity index is 990. The monoisotopic (exact) mass is 378 g/mol. The molecule has 3 nitrogen and oxygen atoms in total. The third-order valence-electron chi connectivity index (χ3n) is 5.28. The fraction of sp³-hybridized carbons (Fsp3) is 0.348. The summed E-state index contributed by atoms with van der Waals surface area (Å²) in [5.74, 6) is 0. The van der Waals surface area contributed by atoms with Gasteiger partial charge in [0, 0.05) is 41.0 Å². The van der Waals surface area contributed by atoms with Crippen molar-refractivity contribution in [3.8, 4) is 0 Å². The fourth-order valence-electron chi connectivity index (χ4n) is 3.88. The van der Waals surface area contributed by atoms with Crippen LogP contribution in [-0.2, 0) is 0 Å². The Kier molecular flexibility index (Phi) is 5.17. The molecule has 0 radical (unpaired) electrons. The van der Waals surface area contributed by atoms with Crippen molar-refractivity contribution in [3.05, 3.63) is 69.9 Å². The lowest BCUT2D eigenvalue weighted by molar-refractivity contribution is 0.580. The van der Waals surface area contributed by atoms with E-state index in [-0.39, 0.29) is 11.5 Å². The Balaban J connectivity index is 1.78. The second kappa shape index (κ2) is 7.73. The molecule has 3 aromatic rings. The van der Waals surface area contributed by atoms with Crippen molar-refractivity contribution < 1.29 is 0 Å². The molecule has 27 heavy (non-hydrogen) atoms. The Labute approximate surface area is 164 Å². The SMILES string of the molecule is Cc1cc([C@@H](C)Nc2ccccc2)c2sc(N3CCCCC3)cc(=O)c2c1. The van der Waals surface area contributed by atoms with Crippen molar-refractivity contribution >= 4 is 32.1 Å². The molecule has 0 bridgehead atoms. The normalized spacial score (nSPS) is 15.7. The molecule has 1 aliphatic heterocycles. The molecule has 1 fully saturated rings. The van der Waals surface area contributed by atoms with Gasteiger partial charge in [0.05, 0.1) is 5.00 Å². The predicted octanol–water partition coefficient (Wildman–Crippen LogP) is 5.73. The van der Waals surface area contributed by atoms with Gasteiger partial charge in [-0.15, -0.1) is 11.3 Å². The van der Waals surface area contributed by atoms with E-state index in [4.69, 9.17) is 0 Å². The highest BCUT2D eigenvalue weighted by atomic mass is 32.1. The van der Waals surface area contributed by atoms with Crippen molar-refractivity contribution in [1.82, 2.24) is 0 Å². The van der Waals surface area contributed by atoms with E-state index in [0.29, 0.717) is 0 Å². The Morgan fingerprint density at radius 2 is 1.78 bits per heavy atom. The molecule has 0 unspecified atom stereocenters. The van der Waals surface area contributed by atoms with Crippen LogP contribution in [-0.4, -0.2) is 13.1 Å². The molecule has 4 rings (SSSR count). The molecule has 1 aromatic heterocycles. The minimum Gasteiger partial charge on any atom is -0.378 e. The number of aryl methyl sites for hydroxylation is 1. The first-order chi connectivity index (χ1) is 13.1. The molecular formula is C23H26N2OS. The van der Waals surface area contributed by atoms with E-state index in [1.807, 2.05) is 30.3 Å². The third kappa shape index (κ3) is 3.86. The highest BCUT2D eigenvalue weighted by molar-refractivity contribution is 7.22. The Morgan fingerprint density at radius 3 is 2.52 bits per heavy atom. The number of rotatable bonds is 4. The topological polar surface area (TPSA) is 32.3 Å². The predicted molar refractivity (Wildman–Crippen MR) is 117 cm³/mol. The average Bonchev–Trinajstić information content (AvgIpc) is 2.69. The van der Waals surface area contributed by atoms with Crippen molar-refractivity contribution in [2.45, 2.75) is 39.2 Å². The summed E-state index contributed by atoms with van der Waals surface area (Å²) in [7, 11) is 0. The lowest BCUT2D eigenvalue weighted by atomic mass is 10.0. The van der Waals surface area contributed by atoms with E-state index in [0.717, 1.165) is 39.4 Å². The Hall–Kier alpha value is -2.33. The summed E-state index contributed by atoms with van der Waals surface area (Å²) in [6, 6.07) is 16.5. The summed E-state index contributed by atoms with van der Waals surface area (Å²) in [6.07, 6.45) is 3.72. The summed E-state index contributed by atoms with van der Waals surface area (Å²) in [5.41, 5.74) is 3.57. The van der Waals surface area contributed by atoms with Crippen LogP contribution in [0.4, 0.5) is 10.7 Å². The number of fused-ring (bicyclic) bond motifs is 1. The van der Waals surface area contributed by atoms with Gasteiger partial charge in [-0.3, -0.25) is 4.79 Å². The van der Waals surface area contributed by atoms with Gasteiger partial charge >= 0.3 is 0 Å². The largest absolute Gasteiger partial charge is 0.378 e. The smallest absolute Gasteiger partial charge is 0.190 e. The van der Waals surface area contributed by atoms with Gasteiger partial charge < -0.3 is 10.2 Å². The van der Waals surface area contributed by atoms with Gasteiger partial charge in [-0.05, 0) is 62.4 Å². The van der Waals surface area contributed by atoms with Gasteiger partial charge in [-0.25, -0.2) is 0 Å². The van der Waals surface area contributed by atoms with E-state index in [1.54, 1.807) is 11.3 Å². The zero-order chi connectivity index (χ0) is 18.8. The molecular weight excluding hydrogens is 352 g/mol. The van der Waals surface area contributed by atoms with Crippen molar-refractivity contribution in [2.24, 2.45) is 0 Å². The van der Waals surface area contributed by atoms with E-state index < -0.39 is 0 Å². The summed E-state index contributed by atoms with van der Waals surface area (Å²) >= 11 is 1.77. The summed E-state index contributed by atoms with van der Waals surface area (Å²) < 4.78 is 1.12. The minimum absolute atomic E-state index is 0.127. The quantitative estimate of drug-likeness (QED) is 0.629. The van der Waals surface area contributed by atoms with E-state index in [1.165, 1.54) is 24.8 Å². The third-order valence-corrected chi connectivity index (χ3v) is 6.52. The molecule has 1 saturated heterocycles. The number of anilines is 2. The van der Waals surface area contributed by atoms with Gasteiger partial charge in [0.15, 0.2) is 5.43 Å². The van der Waals surface area contributed by atoms with Crippen LogP contribution in [0, 0.1) is 6.92 Å². The molecule has 2 heterocycles. The molecule has 1 N–H and O–H groups in total. The van der Waals surface area contributed by atoms with Crippen LogP contribution in [0.25, 0.3) is 10.1 Å². The van der Waals surface area contributed by atoms with Crippen LogP contribution >= 0.6 is 11.3 Å². The maximum Gasteiger partial charge on any atom is 0.190 e. The number of para-hydroxylation sites is 1. The molecule has 2 aromatic carbocycles. The number of nitrogens with zero attached hydrogens (tertiary/aromatic N) is 1. The lowest BCUT2D eigenvalue weighted by Crippen LogP contribution is -2.29. The molecule has 140 valence electrons. The molecule has 1 aliphatic rings. The second-order valence-electron chi connectivity index (χ2n) is 7.46. The fourth-order valence-corrected chi connectivity index (χ4v) is 5.19. The van der Waals surface area contributed by atoms with Gasteiger partial charge in [-0.1, -0.05) is 24.3 Å². The van der Waals surface area contributed by atoms with Gasteiger partial charge in [0.1, 0.15) is 0 Å². The molecule has 0 saturated carbocycles. The van der Waals surface area contributed by atoms with Gasteiger partial charge in [0.2, 0.25) is 0 Å². The number of nitrogens with one attached hydrogen (secondary N) is 1. The van der Waals surface area contributed by atoms with Crippen LogP contribution in [0.2, 0.25) is 0 Å². The van der Waals surface area contributed by atoms with Gasteiger partial charge in [-0.2, -0.15) is 0 Å². The van der Waals surface area contributed by atoms with Crippen LogP contribution in [0.5, 0.6) is 0 Å². The molecule has 0 amide bonds. The molecule has 0 spiro atoms. The first kappa shape index (κ1) is 18.1. The maximum atomic E-state index is 12.9. The molecule has 4 heteroatoms. The van der Waals surface area contributed by atoms with Crippen LogP contribution in [0.3, 0.4) is 0 Å². The van der Waals surface area contributed by atoms with Crippen molar-refractivity contribution in [2.75, 3.05) is 23.3 Å². The number of hydrogen-bond acceptors (Lipinski definition) is 4. The van der Waals surface area contributed by atoms with Crippen LogP contribution < -0.4 is 15.6 Å². The van der Waals surface area contributed by atoms with Crippen LogP contribution in [0.15, 0.2) is 53.3 Å². The maximum absolute atomic E-state index is 12.9. The van der Waals surface area contributed by atoms with E-state index >= 15 is 0 Å². The first-order valence-electron chi connectivity index (χ1n) is 9.77. The summed E-state index contributed by atoms with van der Waals surface area (Å²) in [6.45, 7) is 6.35. The molecule has 0 aliphatic carbocycles. The number of piperidine rings is 1. The lowest BCUT2D eigenvalue weighted by Gasteiger charge is -2.28. The molecule has 1 atom stereocenters. The summed E-state index contributed by atoms with van der Waals surface area (Å²) in [5, 5.41) is 5.55. The van der Waals surface area contributed by atoms with E-state index in [2.05, 4.69) is 42.3 Å². The highest BCUT2D eigenvalue weighted by Gasteiger charge is 2.17. The zero-order valence-electron chi connectivity index (χ0n) is 16.0. The Morgan fingerprint density at radius 1 is 1.04 bits per heavy atom. The van der Waals surface area contributed by atoms with E-state index in [9.17, 15) is 4.79 Å².